The fraction of sp³-hybridized carbons (Fsp3) is 0.581. The first-order valence-corrected chi connectivity index (χ1v) is 14.9. The number of rotatable bonds is 17. The van der Waals surface area contributed by atoms with Crippen LogP contribution in [0.25, 0.3) is 10.9 Å². The van der Waals surface area contributed by atoms with Crippen LogP contribution in [0.5, 0.6) is 5.75 Å². The normalized spacial score (nSPS) is 16.1. The lowest BCUT2D eigenvalue weighted by atomic mass is 9.95. The quantitative estimate of drug-likeness (QED) is 0.164. The molecule has 0 spiro atoms. The van der Waals surface area contributed by atoms with Gasteiger partial charge in [-0.2, -0.15) is 0 Å². The monoisotopic (exact) mass is 584 g/mol. The molecule has 1 aromatic carbocycles. The second-order valence-corrected chi connectivity index (χ2v) is 11.3. The lowest BCUT2D eigenvalue weighted by molar-refractivity contribution is -0.149. The van der Waals surface area contributed by atoms with E-state index in [0.29, 0.717) is 37.1 Å². The molecule has 0 unspecified atom stereocenters. The van der Waals surface area contributed by atoms with E-state index in [1.165, 1.54) is 0 Å². The van der Waals surface area contributed by atoms with Gasteiger partial charge in [0.15, 0.2) is 12.4 Å². The molecule has 0 bridgehead atoms. The number of ketones is 1. The maximum Gasteiger partial charge on any atom is 0.306 e. The highest BCUT2D eigenvalue weighted by Crippen LogP contribution is 2.26. The number of aromatic amines is 1. The minimum Gasteiger partial charge on any atom is -0.496 e. The Hall–Kier alpha value is -3.89. The molecular weight excluding hydrogens is 540 g/mol. The number of nitrogens with one attached hydrogen (secondary N) is 4. The third-order valence-corrected chi connectivity index (χ3v) is 7.42. The highest BCUT2D eigenvalue weighted by atomic mass is 16.5. The van der Waals surface area contributed by atoms with Crippen molar-refractivity contribution in [3.05, 3.63) is 30.0 Å². The summed E-state index contributed by atoms with van der Waals surface area (Å²) >= 11 is 0. The number of methoxy groups -OCH3 is 1. The Balaban J connectivity index is 1.70. The molecule has 1 saturated heterocycles. The number of fused-ring (bicyclic) bond motifs is 1. The molecule has 1 aliphatic rings. The molecule has 11 nitrogen and oxygen atoms in total. The Morgan fingerprint density at radius 2 is 1.86 bits per heavy atom. The Kier molecular flexibility index (Phi) is 12.4. The maximum absolute atomic E-state index is 13.5. The Morgan fingerprint density at radius 1 is 1.07 bits per heavy atom. The van der Waals surface area contributed by atoms with E-state index in [-0.39, 0.29) is 30.4 Å². The Morgan fingerprint density at radius 3 is 2.52 bits per heavy atom. The average Bonchev–Trinajstić information content (AvgIpc) is 3.58. The zero-order valence-electron chi connectivity index (χ0n) is 25.0. The number of aromatic nitrogens is 1. The third-order valence-electron chi connectivity index (χ3n) is 7.42. The Labute approximate surface area is 246 Å². The van der Waals surface area contributed by atoms with Crippen LogP contribution >= 0.6 is 0 Å². The summed E-state index contributed by atoms with van der Waals surface area (Å²) in [5, 5.41) is 9.02. The van der Waals surface area contributed by atoms with Crippen molar-refractivity contribution in [3.63, 3.8) is 0 Å². The molecule has 2 aromatic rings. The molecule has 1 aliphatic heterocycles. The minimum atomic E-state index is -1.05. The summed E-state index contributed by atoms with van der Waals surface area (Å²) in [6.45, 7) is 5.92. The summed E-state index contributed by atoms with van der Waals surface area (Å²) in [4.78, 5) is 67.4. The molecule has 1 aromatic heterocycles. The second kappa shape index (κ2) is 15.9. The van der Waals surface area contributed by atoms with Crippen molar-refractivity contribution in [2.75, 3.05) is 20.3 Å². The molecule has 0 saturated carbocycles. The molecule has 0 aliphatic carbocycles. The number of carbonyl (C=O) groups excluding carboxylic acids is 5. The van der Waals surface area contributed by atoms with Crippen molar-refractivity contribution >= 4 is 40.4 Å². The van der Waals surface area contributed by atoms with Gasteiger partial charge in [0, 0.05) is 29.8 Å². The fourth-order valence-electron chi connectivity index (χ4n) is 5.08. The number of benzene rings is 1. The number of amides is 3. The van der Waals surface area contributed by atoms with Crippen molar-refractivity contribution in [1.82, 2.24) is 20.9 Å². The van der Waals surface area contributed by atoms with Crippen molar-refractivity contribution < 1.29 is 33.4 Å². The van der Waals surface area contributed by atoms with Crippen LogP contribution in [0.4, 0.5) is 0 Å². The highest BCUT2D eigenvalue weighted by Gasteiger charge is 2.33. The molecule has 2 heterocycles. The second-order valence-electron chi connectivity index (χ2n) is 11.3. The first-order chi connectivity index (χ1) is 20.1. The van der Waals surface area contributed by atoms with Gasteiger partial charge in [-0.25, -0.2) is 0 Å². The van der Waals surface area contributed by atoms with Gasteiger partial charge in [0.2, 0.25) is 11.8 Å². The lowest BCUT2D eigenvalue weighted by Crippen LogP contribution is -2.53. The average molecular weight is 585 g/mol. The number of hydrogen-bond donors (Lipinski definition) is 4. The molecular formula is C31H44N4O7. The van der Waals surface area contributed by atoms with Gasteiger partial charge in [0.1, 0.15) is 17.5 Å². The van der Waals surface area contributed by atoms with Gasteiger partial charge in [-0.1, -0.05) is 46.1 Å². The van der Waals surface area contributed by atoms with Crippen LogP contribution in [-0.2, 0) is 23.9 Å². The van der Waals surface area contributed by atoms with E-state index in [1.54, 1.807) is 25.3 Å². The highest BCUT2D eigenvalue weighted by molar-refractivity contribution is 6.02. The maximum atomic E-state index is 13.5. The smallest absolute Gasteiger partial charge is 0.306 e. The van der Waals surface area contributed by atoms with Gasteiger partial charge in [-0.15, -0.1) is 0 Å². The van der Waals surface area contributed by atoms with Crippen LogP contribution in [0.2, 0.25) is 0 Å². The molecule has 4 N–H and O–H groups in total. The first kappa shape index (κ1) is 32.6. The van der Waals surface area contributed by atoms with Gasteiger partial charge >= 0.3 is 5.97 Å². The number of H-pyrrole nitrogens is 1. The predicted molar refractivity (Wildman–Crippen MR) is 158 cm³/mol. The van der Waals surface area contributed by atoms with E-state index in [2.05, 4.69) is 27.9 Å². The fourth-order valence-corrected chi connectivity index (χ4v) is 5.08. The summed E-state index contributed by atoms with van der Waals surface area (Å²) in [6, 6.07) is 5.08. The van der Waals surface area contributed by atoms with E-state index in [4.69, 9.17) is 9.47 Å². The molecule has 3 amide bonds. The first-order valence-electron chi connectivity index (χ1n) is 14.9. The van der Waals surface area contributed by atoms with Gasteiger partial charge in [-0.3, -0.25) is 24.0 Å². The largest absolute Gasteiger partial charge is 0.496 e. The standard InChI is InChI=1S/C31H44N4O7/c1-5-6-7-8-12-28(37)42-18-26(36)23(16-20-13-14-32-29(20)38)34-30(39)24(15-19(2)3)35-31(40)25-17-21-22(33-25)10-9-11-27(21)41-4/h9-11,17,19-20,23-24,33H,5-8,12-16,18H2,1-4H3,(H,32,38)(H,34,39)(H,35,40)/t20-,23-,24-/m0/s1. The van der Waals surface area contributed by atoms with Gasteiger partial charge < -0.3 is 30.4 Å². The van der Waals surface area contributed by atoms with Crippen LogP contribution in [0.15, 0.2) is 24.3 Å². The molecule has 1 fully saturated rings. The lowest BCUT2D eigenvalue weighted by Gasteiger charge is -2.25. The van der Waals surface area contributed by atoms with Gasteiger partial charge in [0.05, 0.1) is 13.2 Å². The van der Waals surface area contributed by atoms with Crippen LogP contribution < -0.4 is 20.7 Å². The van der Waals surface area contributed by atoms with E-state index >= 15 is 0 Å². The molecule has 3 rings (SSSR count). The van der Waals surface area contributed by atoms with Crippen LogP contribution in [0, 0.1) is 11.8 Å². The van der Waals surface area contributed by atoms with Crippen LogP contribution in [0.1, 0.15) is 82.6 Å². The zero-order chi connectivity index (χ0) is 30.6. The minimum absolute atomic E-state index is 0.0484. The predicted octanol–water partition coefficient (Wildman–Crippen LogP) is 3.41. The number of carbonyl (C=O) groups is 5. The van der Waals surface area contributed by atoms with Crippen molar-refractivity contribution in [1.29, 1.82) is 0 Å². The van der Waals surface area contributed by atoms with E-state index in [9.17, 15) is 24.0 Å². The summed E-state index contributed by atoms with van der Waals surface area (Å²) in [6.07, 6.45) is 4.80. The number of esters is 1. The number of unbranched alkanes of at least 4 members (excludes halogenated alkanes) is 3. The van der Waals surface area contributed by atoms with Crippen LogP contribution in [-0.4, -0.2) is 66.8 Å². The zero-order valence-corrected chi connectivity index (χ0v) is 25.0. The number of Topliss-reactive ketones (excluding diaryl/α,β-unsaturated/α-hetero) is 1. The van der Waals surface area contributed by atoms with Gasteiger partial charge in [0.25, 0.3) is 5.91 Å². The van der Waals surface area contributed by atoms with Crippen molar-refractivity contribution in [2.24, 2.45) is 11.8 Å². The summed E-state index contributed by atoms with van der Waals surface area (Å²) < 4.78 is 10.6. The summed E-state index contributed by atoms with van der Waals surface area (Å²) in [7, 11) is 1.55. The van der Waals surface area contributed by atoms with E-state index < -0.39 is 48.2 Å². The molecule has 230 valence electrons. The number of ether oxygens (including phenoxy) is 2. The van der Waals surface area contributed by atoms with Crippen molar-refractivity contribution in [3.8, 4) is 5.75 Å². The molecule has 0 radical (unpaired) electrons. The van der Waals surface area contributed by atoms with Crippen LogP contribution in [0.3, 0.4) is 0 Å². The summed E-state index contributed by atoms with van der Waals surface area (Å²) in [5.74, 6) is -1.98. The van der Waals surface area contributed by atoms with Gasteiger partial charge in [-0.05, 0) is 49.8 Å². The topological polar surface area (TPSA) is 156 Å². The number of hydrogen-bond acceptors (Lipinski definition) is 7. The molecule has 42 heavy (non-hydrogen) atoms. The SMILES string of the molecule is CCCCCCC(=O)OCC(=O)[C@H](C[C@@H]1CCNC1=O)NC(=O)[C@H](CC(C)C)NC(=O)c1cc2c(OC)cccc2[nH]1. The molecule has 11 heteroatoms. The Bertz CT molecular complexity index is 1260. The van der Waals surface area contributed by atoms with E-state index in [0.717, 1.165) is 24.6 Å². The van der Waals surface area contributed by atoms with E-state index in [1.807, 2.05) is 19.9 Å². The molecule has 3 atom stereocenters. The third kappa shape index (κ3) is 9.32. The van der Waals surface area contributed by atoms with Crippen molar-refractivity contribution in [2.45, 2.75) is 84.2 Å². The summed E-state index contributed by atoms with van der Waals surface area (Å²) in [5.41, 5.74) is 0.974.